The summed E-state index contributed by atoms with van der Waals surface area (Å²) in [6.45, 7) is 14.7. The number of carbonyl (C=O) groups is 3. The average molecular weight is 493 g/mol. The molecule has 2 amide bonds. The second-order valence-corrected chi connectivity index (χ2v) is 11.2. The molecule has 3 heterocycles. The Hall–Kier alpha value is -1.93. The van der Waals surface area contributed by atoms with Gasteiger partial charge in [-0.3, -0.25) is 14.4 Å². The third kappa shape index (κ3) is 4.64. The van der Waals surface area contributed by atoms with Crippen molar-refractivity contribution in [2.45, 2.75) is 102 Å². The van der Waals surface area contributed by atoms with Crippen LogP contribution < -0.4 is 0 Å². The van der Waals surface area contributed by atoms with Crippen LogP contribution in [0.15, 0.2) is 12.7 Å². The zero-order valence-electron chi connectivity index (χ0n) is 22.2. The quantitative estimate of drug-likeness (QED) is 0.256. The minimum atomic E-state index is -1.03. The molecule has 2 unspecified atom stereocenters. The summed E-state index contributed by atoms with van der Waals surface area (Å²) in [6.07, 6.45) is 6.62. The molecule has 3 aliphatic heterocycles. The smallest absolute Gasteiger partial charge is 0.312 e. The maximum Gasteiger partial charge on any atom is 0.312 e. The molecular formula is C27H44N2O6. The van der Waals surface area contributed by atoms with Crippen LogP contribution >= 0.6 is 0 Å². The number of unbranched alkanes of at least 4 members (excludes halogenated alkanes) is 3. The first-order valence-corrected chi connectivity index (χ1v) is 13.2. The van der Waals surface area contributed by atoms with E-state index >= 15 is 0 Å². The fraction of sp³-hybridized carbons (Fsp3) is 0.815. The highest BCUT2D eigenvalue weighted by Gasteiger charge is 2.79. The van der Waals surface area contributed by atoms with Crippen LogP contribution in [0.5, 0.6) is 0 Å². The van der Waals surface area contributed by atoms with Crippen molar-refractivity contribution in [3.8, 4) is 0 Å². The molecule has 0 aliphatic carbocycles. The van der Waals surface area contributed by atoms with E-state index in [1.807, 2.05) is 27.7 Å². The van der Waals surface area contributed by atoms with E-state index in [1.54, 1.807) is 22.8 Å². The minimum Gasteiger partial charge on any atom is -0.466 e. The van der Waals surface area contributed by atoms with Gasteiger partial charge in [0.25, 0.3) is 0 Å². The SMILES string of the molecule is C=CCN(C(=O)C1N(CCCCCCO)C(=O)[C@@H]2[C@@H](C(=O)OCC)[C@@]3(CC)CCC12O3)C(C)(C)C. The van der Waals surface area contributed by atoms with Crippen LogP contribution in [-0.4, -0.2) is 81.8 Å². The largest absolute Gasteiger partial charge is 0.466 e. The predicted molar refractivity (Wildman–Crippen MR) is 132 cm³/mol. The second kappa shape index (κ2) is 10.6. The first-order valence-electron chi connectivity index (χ1n) is 13.2. The van der Waals surface area contributed by atoms with Crippen LogP contribution in [-0.2, 0) is 23.9 Å². The van der Waals surface area contributed by atoms with Gasteiger partial charge < -0.3 is 24.4 Å². The average Bonchev–Trinajstić information content (AvgIpc) is 3.40. The van der Waals surface area contributed by atoms with Crippen molar-refractivity contribution in [3.05, 3.63) is 12.7 Å². The van der Waals surface area contributed by atoms with Gasteiger partial charge >= 0.3 is 5.97 Å². The molecule has 3 saturated heterocycles. The van der Waals surface area contributed by atoms with E-state index in [9.17, 15) is 14.4 Å². The van der Waals surface area contributed by atoms with Crippen LogP contribution in [0.1, 0.15) is 79.6 Å². The zero-order chi connectivity index (χ0) is 26.0. The summed E-state index contributed by atoms with van der Waals surface area (Å²) in [5, 5.41) is 9.09. The summed E-state index contributed by atoms with van der Waals surface area (Å²) in [5.74, 6) is -2.15. The van der Waals surface area contributed by atoms with E-state index in [2.05, 4.69) is 6.58 Å². The Bertz CT molecular complexity index is 823. The Balaban J connectivity index is 2.04. The lowest BCUT2D eigenvalue weighted by Crippen LogP contribution is -2.60. The van der Waals surface area contributed by atoms with E-state index in [-0.39, 0.29) is 25.0 Å². The number of aliphatic hydroxyl groups is 1. The van der Waals surface area contributed by atoms with Gasteiger partial charge in [-0.25, -0.2) is 0 Å². The molecule has 1 spiro atoms. The van der Waals surface area contributed by atoms with Crippen molar-refractivity contribution in [1.29, 1.82) is 0 Å². The van der Waals surface area contributed by atoms with Gasteiger partial charge in [0.2, 0.25) is 11.8 Å². The number of aliphatic hydroxyl groups excluding tert-OH is 1. The third-order valence-electron chi connectivity index (χ3n) is 8.15. The molecule has 8 heteroatoms. The minimum absolute atomic E-state index is 0.144. The molecule has 0 aromatic rings. The lowest BCUT2D eigenvalue weighted by Gasteiger charge is -2.42. The van der Waals surface area contributed by atoms with Crippen molar-refractivity contribution in [3.63, 3.8) is 0 Å². The highest BCUT2D eigenvalue weighted by Crippen LogP contribution is 2.64. The molecule has 3 aliphatic rings. The van der Waals surface area contributed by atoms with E-state index in [4.69, 9.17) is 14.6 Å². The molecule has 2 bridgehead atoms. The highest BCUT2D eigenvalue weighted by atomic mass is 16.6. The van der Waals surface area contributed by atoms with Gasteiger partial charge in [0.05, 0.1) is 18.1 Å². The second-order valence-electron chi connectivity index (χ2n) is 11.2. The molecule has 0 radical (unpaired) electrons. The molecule has 0 aromatic heterocycles. The standard InChI is InChI=1S/C27H44N2O6/c1-7-16-29(25(4,5)6)23(32)21-27-15-14-26(8-2,35-27)20(24(33)34-9-3)19(27)22(31)28(21)17-12-10-11-13-18-30/h7,19-21,30H,1,8-18H2,2-6H3/t19-,20-,21?,26+,27?/m0/s1. The maximum absolute atomic E-state index is 14.2. The zero-order valence-corrected chi connectivity index (χ0v) is 22.2. The van der Waals surface area contributed by atoms with E-state index in [1.165, 1.54) is 0 Å². The van der Waals surface area contributed by atoms with Crippen molar-refractivity contribution >= 4 is 17.8 Å². The highest BCUT2D eigenvalue weighted by molar-refractivity contribution is 5.98. The first kappa shape index (κ1) is 27.7. The van der Waals surface area contributed by atoms with Gasteiger partial charge in [-0.1, -0.05) is 25.8 Å². The number of nitrogens with zero attached hydrogens (tertiary/aromatic N) is 2. The summed E-state index contributed by atoms with van der Waals surface area (Å²) in [6, 6.07) is -0.787. The van der Waals surface area contributed by atoms with Crippen LogP contribution in [0, 0.1) is 11.8 Å². The summed E-state index contributed by atoms with van der Waals surface area (Å²) >= 11 is 0. The number of carbonyl (C=O) groups excluding carboxylic acids is 3. The molecule has 5 atom stereocenters. The fourth-order valence-corrected chi connectivity index (χ4v) is 6.55. The van der Waals surface area contributed by atoms with Crippen LogP contribution in [0.3, 0.4) is 0 Å². The number of hydrogen-bond donors (Lipinski definition) is 1. The van der Waals surface area contributed by atoms with Gasteiger partial charge in [-0.05, 0) is 59.8 Å². The van der Waals surface area contributed by atoms with Gasteiger partial charge in [0, 0.05) is 25.2 Å². The number of ether oxygens (including phenoxy) is 2. The third-order valence-corrected chi connectivity index (χ3v) is 8.15. The van der Waals surface area contributed by atoms with Gasteiger partial charge in [0.1, 0.15) is 17.6 Å². The molecule has 35 heavy (non-hydrogen) atoms. The van der Waals surface area contributed by atoms with Gasteiger partial charge in [-0.2, -0.15) is 0 Å². The van der Waals surface area contributed by atoms with Crippen LogP contribution in [0.2, 0.25) is 0 Å². The molecule has 0 saturated carbocycles. The van der Waals surface area contributed by atoms with Gasteiger partial charge in [0.15, 0.2) is 0 Å². The van der Waals surface area contributed by atoms with Crippen molar-refractivity contribution in [1.82, 2.24) is 9.80 Å². The Kier molecular flexibility index (Phi) is 8.37. The summed E-state index contributed by atoms with van der Waals surface area (Å²) in [7, 11) is 0. The predicted octanol–water partition coefficient (Wildman–Crippen LogP) is 3.07. The summed E-state index contributed by atoms with van der Waals surface area (Å²) in [4.78, 5) is 44.9. The Morgan fingerprint density at radius 3 is 2.49 bits per heavy atom. The summed E-state index contributed by atoms with van der Waals surface area (Å²) in [5.41, 5.74) is -2.28. The first-order chi connectivity index (χ1) is 16.5. The molecule has 198 valence electrons. The maximum atomic E-state index is 14.2. The number of amides is 2. The lowest BCUT2D eigenvalue weighted by atomic mass is 9.65. The number of likely N-dealkylation sites (tertiary alicyclic amines) is 1. The van der Waals surface area contributed by atoms with Gasteiger partial charge in [-0.15, -0.1) is 6.58 Å². The number of rotatable bonds is 12. The normalized spacial score (nSPS) is 31.5. The number of fused-ring (bicyclic) bond motifs is 1. The van der Waals surface area contributed by atoms with E-state index in [0.717, 1.165) is 19.3 Å². The van der Waals surface area contributed by atoms with Crippen molar-refractivity contribution in [2.24, 2.45) is 11.8 Å². The molecule has 8 nitrogen and oxygen atoms in total. The molecule has 3 rings (SSSR count). The molecular weight excluding hydrogens is 448 g/mol. The lowest BCUT2D eigenvalue weighted by molar-refractivity contribution is -0.162. The monoisotopic (exact) mass is 492 g/mol. The number of hydrogen-bond acceptors (Lipinski definition) is 6. The van der Waals surface area contributed by atoms with Crippen LogP contribution in [0.4, 0.5) is 0 Å². The van der Waals surface area contributed by atoms with Crippen LogP contribution in [0.25, 0.3) is 0 Å². The molecule has 0 aromatic carbocycles. The van der Waals surface area contributed by atoms with Crippen molar-refractivity contribution < 1.29 is 29.0 Å². The van der Waals surface area contributed by atoms with E-state index in [0.29, 0.717) is 38.8 Å². The number of esters is 1. The fourth-order valence-electron chi connectivity index (χ4n) is 6.55. The van der Waals surface area contributed by atoms with E-state index < -0.39 is 40.6 Å². The Morgan fingerprint density at radius 1 is 1.23 bits per heavy atom. The molecule has 3 fully saturated rings. The molecule has 1 N–H and O–H groups in total. The summed E-state index contributed by atoms with van der Waals surface area (Å²) < 4.78 is 12.2. The Morgan fingerprint density at radius 2 is 1.91 bits per heavy atom. The topological polar surface area (TPSA) is 96.4 Å². The Labute approximate surface area is 210 Å². The van der Waals surface area contributed by atoms with Crippen molar-refractivity contribution in [2.75, 3.05) is 26.3 Å².